The highest BCUT2D eigenvalue weighted by Gasteiger charge is 2.20. The number of aliphatic carboxylic acids is 1. The summed E-state index contributed by atoms with van der Waals surface area (Å²) in [5.74, 6) is 1.42. The SMILES string of the molecule is Cc1ncccc1OCCN(CCCCc1ccc2c(n1)NCCC2)CC[C@H](Nc1ncnc2ccccc12)C(=O)O. The molecule has 42 heavy (non-hydrogen) atoms. The summed E-state index contributed by atoms with van der Waals surface area (Å²) in [6.45, 7) is 5.52. The van der Waals surface area contributed by atoms with Crippen LogP contribution in [0.1, 0.15) is 42.6 Å². The first kappa shape index (κ1) is 29.2. The average Bonchev–Trinajstić information content (AvgIpc) is 3.01. The number of unbranched alkanes of at least 4 members (excludes halogenated alkanes) is 1. The first-order valence-corrected chi connectivity index (χ1v) is 14.8. The second-order valence-electron chi connectivity index (χ2n) is 10.6. The van der Waals surface area contributed by atoms with Gasteiger partial charge >= 0.3 is 5.97 Å². The Labute approximate surface area is 246 Å². The zero-order valence-corrected chi connectivity index (χ0v) is 24.1. The average molecular weight is 570 g/mol. The van der Waals surface area contributed by atoms with Gasteiger partial charge in [-0.15, -0.1) is 0 Å². The van der Waals surface area contributed by atoms with Crippen LogP contribution in [0, 0.1) is 6.92 Å². The first-order chi connectivity index (χ1) is 20.6. The molecule has 0 aliphatic carbocycles. The van der Waals surface area contributed by atoms with Gasteiger partial charge in [0.1, 0.15) is 36.4 Å². The summed E-state index contributed by atoms with van der Waals surface area (Å²) in [5, 5.41) is 17.4. The third kappa shape index (κ3) is 7.91. The van der Waals surface area contributed by atoms with Gasteiger partial charge in [-0.3, -0.25) is 9.88 Å². The lowest BCUT2D eigenvalue weighted by atomic mass is 10.1. The van der Waals surface area contributed by atoms with Crippen LogP contribution in [-0.2, 0) is 17.6 Å². The molecule has 0 spiro atoms. The summed E-state index contributed by atoms with van der Waals surface area (Å²) in [7, 11) is 0. The summed E-state index contributed by atoms with van der Waals surface area (Å²) < 4.78 is 6.02. The number of carboxylic acid groups (broad SMARTS) is 1. The molecule has 0 amide bonds. The topological polar surface area (TPSA) is 125 Å². The fourth-order valence-corrected chi connectivity index (χ4v) is 5.25. The third-order valence-electron chi connectivity index (χ3n) is 7.62. The van der Waals surface area contributed by atoms with E-state index in [2.05, 4.69) is 42.6 Å². The van der Waals surface area contributed by atoms with Gasteiger partial charge in [0.15, 0.2) is 0 Å². The molecule has 4 heterocycles. The van der Waals surface area contributed by atoms with Crippen LogP contribution in [0.3, 0.4) is 0 Å². The van der Waals surface area contributed by atoms with Gasteiger partial charge in [0, 0.05) is 36.9 Å². The van der Waals surface area contributed by atoms with Crippen LogP contribution in [0.25, 0.3) is 10.9 Å². The van der Waals surface area contributed by atoms with Crippen molar-refractivity contribution >= 4 is 28.5 Å². The van der Waals surface area contributed by atoms with Gasteiger partial charge in [0.2, 0.25) is 0 Å². The van der Waals surface area contributed by atoms with Crippen LogP contribution in [0.2, 0.25) is 0 Å². The molecule has 1 aromatic carbocycles. The Hall–Kier alpha value is -4.31. The van der Waals surface area contributed by atoms with Crippen LogP contribution in [0.15, 0.2) is 61.1 Å². The number of rotatable bonds is 15. The van der Waals surface area contributed by atoms with Gasteiger partial charge in [-0.25, -0.2) is 19.7 Å². The van der Waals surface area contributed by atoms with Crippen LogP contribution < -0.4 is 15.4 Å². The molecule has 0 radical (unpaired) electrons. The van der Waals surface area contributed by atoms with E-state index in [1.165, 1.54) is 11.9 Å². The Morgan fingerprint density at radius 2 is 1.98 bits per heavy atom. The van der Waals surface area contributed by atoms with Crippen LogP contribution in [0.5, 0.6) is 5.75 Å². The minimum absolute atomic E-state index is 0.414. The number of hydrogen-bond donors (Lipinski definition) is 3. The van der Waals surface area contributed by atoms with Gasteiger partial charge < -0.3 is 20.5 Å². The minimum atomic E-state index is -0.910. The van der Waals surface area contributed by atoms with Gasteiger partial charge in [0.25, 0.3) is 0 Å². The molecule has 1 aliphatic heterocycles. The maximum absolute atomic E-state index is 12.2. The lowest BCUT2D eigenvalue weighted by Crippen LogP contribution is -2.37. The standard InChI is InChI=1S/C32H39N7O3/c1-23-29(12-7-16-33-23)42-21-20-39(18-5-4-9-25-14-13-24-8-6-17-34-30(24)37-25)19-15-28(32(40)41)38-31-26-10-2-3-11-27(26)35-22-36-31/h2-3,7,10-14,16,22,28H,4-6,8-9,15,17-21H2,1H3,(H,34,37)(H,40,41)(H,35,36,38)/t28-/m0/s1. The molecule has 0 fully saturated rings. The quantitative estimate of drug-likeness (QED) is 0.173. The lowest BCUT2D eigenvalue weighted by Gasteiger charge is -2.25. The number of carbonyl (C=O) groups is 1. The normalized spacial score (nSPS) is 13.4. The number of anilines is 2. The van der Waals surface area contributed by atoms with Crippen molar-refractivity contribution in [2.24, 2.45) is 0 Å². The summed E-state index contributed by atoms with van der Waals surface area (Å²) in [5.41, 5.74) is 4.03. The fourth-order valence-electron chi connectivity index (χ4n) is 5.25. The van der Waals surface area contributed by atoms with Crippen LogP contribution in [0.4, 0.5) is 11.6 Å². The van der Waals surface area contributed by atoms with E-state index in [1.807, 2.05) is 43.3 Å². The van der Waals surface area contributed by atoms with E-state index in [0.29, 0.717) is 31.9 Å². The van der Waals surface area contributed by atoms with E-state index in [9.17, 15) is 9.90 Å². The monoisotopic (exact) mass is 569 g/mol. The number of nitrogens with one attached hydrogen (secondary N) is 2. The molecule has 1 atom stereocenters. The van der Waals surface area contributed by atoms with Crippen molar-refractivity contribution in [2.45, 2.75) is 51.5 Å². The van der Waals surface area contributed by atoms with Gasteiger partial charge in [-0.05, 0) is 87.9 Å². The molecule has 1 aliphatic rings. The predicted molar refractivity (Wildman–Crippen MR) is 164 cm³/mol. The number of nitrogens with zero attached hydrogens (tertiary/aromatic N) is 5. The Morgan fingerprint density at radius 1 is 1.07 bits per heavy atom. The highest BCUT2D eigenvalue weighted by atomic mass is 16.5. The molecule has 0 bridgehead atoms. The summed E-state index contributed by atoms with van der Waals surface area (Å²) >= 11 is 0. The number of ether oxygens (including phenoxy) is 1. The van der Waals surface area contributed by atoms with E-state index in [0.717, 1.165) is 79.1 Å². The van der Waals surface area contributed by atoms with Crippen molar-refractivity contribution in [3.8, 4) is 5.75 Å². The smallest absolute Gasteiger partial charge is 0.326 e. The van der Waals surface area contributed by atoms with E-state index in [4.69, 9.17) is 9.72 Å². The first-order valence-electron chi connectivity index (χ1n) is 14.8. The summed E-state index contributed by atoms with van der Waals surface area (Å²) in [6.07, 6.45) is 8.75. The van der Waals surface area contributed by atoms with Crippen molar-refractivity contribution in [2.75, 3.05) is 43.4 Å². The van der Waals surface area contributed by atoms with Crippen molar-refractivity contribution < 1.29 is 14.6 Å². The van der Waals surface area contributed by atoms with E-state index in [-0.39, 0.29) is 0 Å². The van der Waals surface area contributed by atoms with Crippen LogP contribution >= 0.6 is 0 Å². The number of para-hydroxylation sites is 1. The number of fused-ring (bicyclic) bond motifs is 2. The van der Waals surface area contributed by atoms with Crippen molar-refractivity contribution in [3.63, 3.8) is 0 Å². The zero-order chi connectivity index (χ0) is 29.1. The zero-order valence-electron chi connectivity index (χ0n) is 24.1. The number of aryl methyl sites for hydroxylation is 3. The molecule has 0 saturated carbocycles. The molecule has 10 heteroatoms. The predicted octanol–water partition coefficient (Wildman–Crippen LogP) is 4.75. The van der Waals surface area contributed by atoms with E-state index >= 15 is 0 Å². The van der Waals surface area contributed by atoms with Crippen LogP contribution in [-0.4, -0.2) is 74.7 Å². The maximum Gasteiger partial charge on any atom is 0.326 e. The molecule has 220 valence electrons. The number of benzene rings is 1. The number of aromatic nitrogens is 4. The number of pyridine rings is 2. The largest absolute Gasteiger partial charge is 0.490 e. The van der Waals surface area contributed by atoms with Gasteiger partial charge in [-0.2, -0.15) is 0 Å². The molecule has 4 aromatic rings. The number of carboxylic acids is 1. The van der Waals surface area contributed by atoms with Crippen molar-refractivity contribution in [1.82, 2.24) is 24.8 Å². The summed E-state index contributed by atoms with van der Waals surface area (Å²) in [4.78, 5) is 32.3. The van der Waals surface area contributed by atoms with Gasteiger partial charge in [-0.1, -0.05) is 18.2 Å². The molecular formula is C32H39N7O3. The fraction of sp³-hybridized carbons (Fsp3) is 0.406. The summed E-state index contributed by atoms with van der Waals surface area (Å²) in [6, 6.07) is 14.9. The lowest BCUT2D eigenvalue weighted by molar-refractivity contribution is -0.138. The second-order valence-corrected chi connectivity index (χ2v) is 10.6. The Kier molecular flexibility index (Phi) is 10.1. The van der Waals surface area contributed by atoms with E-state index < -0.39 is 12.0 Å². The highest BCUT2D eigenvalue weighted by Crippen LogP contribution is 2.22. The third-order valence-corrected chi connectivity index (χ3v) is 7.62. The molecule has 5 rings (SSSR count). The molecule has 0 saturated heterocycles. The van der Waals surface area contributed by atoms with Crippen molar-refractivity contribution in [1.29, 1.82) is 0 Å². The Bertz CT molecular complexity index is 1480. The molecule has 0 unspecified atom stereocenters. The number of hydrogen-bond acceptors (Lipinski definition) is 9. The minimum Gasteiger partial charge on any atom is -0.490 e. The van der Waals surface area contributed by atoms with Crippen molar-refractivity contribution in [3.05, 3.63) is 78.0 Å². The highest BCUT2D eigenvalue weighted by molar-refractivity contribution is 5.90. The second kappa shape index (κ2) is 14.5. The Morgan fingerprint density at radius 3 is 2.86 bits per heavy atom. The molecule has 3 N–H and O–H groups in total. The molecular weight excluding hydrogens is 530 g/mol. The van der Waals surface area contributed by atoms with Gasteiger partial charge in [0.05, 0.1) is 11.2 Å². The molecule has 3 aromatic heterocycles. The Balaban J connectivity index is 1.18. The maximum atomic E-state index is 12.2. The van der Waals surface area contributed by atoms with E-state index in [1.54, 1.807) is 6.20 Å². The molecule has 10 nitrogen and oxygen atoms in total.